The number of nitrogens with zero attached hydrogens (tertiary/aromatic N) is 1. The van der Waals surface area contributed by atoms with Crippen LogP contribution in [-0.2, 0) is 0 Å². The van der Waals surface area contributed by atoms with Crippen molar-refractivity contribution in [3.05, 3.63) is 23.8 Å². The van der Waals surface area contributed by atoms with E-state index in [0.29, 0.717) is 0 Å². The van der Waals surface area contributed by atoms with Crippen LogP contribution in [0.15, 0.2) is 18.2 Å². The van der Waals surface area contributed by atoms with Gasteiger partial charge in [-0.1, -0.05) is 32.8 Å². The Morgan fingerprint density at radius 3 is 2.35 bits per heavy atom. The average Bonchev–Trinajstić information content (AvgIpc) is 2.34. The summed E-state index contributed by atoms with van der Waals surface area (Å²) >= 11 is 0. The van der Waals surface area contributed by atoms with Crippen LogP contribution in [0.3, 0.4) is 0 Å². The predicted octanol–water partition coefficient (Wildman–Crippen LogP) is 3.84. The molecule has 0 amide bonds. The van der Waals surface area contributed by atoms with E-state index in [2.05, 4.69) is 44.7 Å². The van der Waals surface area contributed by atoms with Crippen LogP contribution in [0.25, 0.3) is 0 Å². The van der Waals surface area contributed by atoms with Crippen LogP contribution in [-0.4, -0.2) is 13.1 Å². The highest BCUT2D eigenvalue weighted by atomic mass is 15.1. The van der Waals surface area contributed by atoms with Gasteiger partial charge >= 0.3 is 0 Å². The predicted molar refractivity (Wildman–Crippen MR) is 77.6 cm³/mol. The van der Waals surface area contributed by atoms with Crippen LogP contribution >= 0.6 is 0 Å². The summed E-state index contributed by atoms with van der Waals surface area (Å²) in [6, 6.07) is 6.19. The zero-order chi connectivity index (χ0) is 12.8. The lowest BCUT2D eigenvalue weighted by Gasteiger charge is -2.29. The standard InChI is InChI=1S/C15H26N2/c1-5-13(6-2)11-17(7-3)15-10-14(16)9-8-12(15)4/h8-10,13H,5-7,11,16H2,1-4H3. The molecule has 17 heavy (non-hydrogen) atoms. The molecule has 0 atom stereocenters. The first-order valence-corrected chi connectivity index (χ1v) is 6.73. The Morgan fingerprint density at radius 1 is 1.18 bits per heavy atom. The van der Waals surface area contributed by atoms with Crippen molar-refractivity contribution in [2.45, 2.75) is 40.5 Å². The molecular formula is C15H26N2. The lowest BCUT2D eigenvalue weighted by Crippen LogP contribution is -2.29. The molecule has 0 aliphatic heterocycles. The summed E-state index contributed by atoms with van der Waals surface area (Å²) in [5.74, 6) is 0.774. The second kappa shape index (κ2) is 6.53. The molecular weight excluding hydrogens is 208 g/mol. The summed E-state index contributed by atoms with van der Waals surface area (Å²) in [6.07, 6.45) is 2.49. The molecule has 1 aromatic rings. The van der Waals surface area contributed by atoms with E-state index in [1.807, 2.05) is 6.07 Å². The number of nitrogen functional groups attached to an aromatic ring is 1. The highest BCUT2D eigenvalue weighted by molar-refractivity contribution is 5.60. The smallest absolute Gasteiger partial charge is 0.0416 e. The maximum absolute atomic E-state index is 5.89. The number of benzene rings is 1. The van der Waals surface area contributed by atoms with Gasteiger partial charge in [0.05, 0.1) is 0 Å². The molecule has 1 rings (SSSR count). The van der Waals surface area contributed by atoms with Crippen LogP contribution in [0.5, 0.6) is 0 Å². The summed E-state index contributed by atoms with van der Waals surface area (Å²) in [5, 5.41) is 0. The monoisotopic (exact) mass is 234 g/mol. The summed E-state index contributed by atoms with van der Waals surface area (Å²) in [5.41, 5.74) is 9.35. The van der Waals surface area contributed by atoms with Crippen LogP contribution in [0.4, 0.5) is 11.4 Å². The topological polar surface area (TPSA) is 29.3 Å². The molecule has 0 fully saturated rings. The van der Waals surface area contributed by atoms with E-state index < -0.39 is 0 Å². The molecule has 0 aliphatic carbocycles. The van der Waals surface area contributed by atoms with Gasteiger partial charge in [0.2, 0.25) is 0 Å². The second-order valence-electron chi connectivity index (χ2n) is 4.77. The fourth-order valence-electron chi connectivity index (χ4n) is 2.22. The first kappa shape index (κ1) is 13.9. The molecule has 0 saturated heterocycles. The van der Waals surface area contributed by atoms with Crippen LogP contribution in [0.1, 0.15) is 39.2 Å². The fourth-order valence-corrected chi connectivity index (χ4v) is 2.22. The summed E-state index contributed by atoms with van der Waals surface area (Å²) in [4.78, 5) is 2.45. The zero-order valence-corrected chi connectivity index (χ0v) is 11.7. The molecule has 0 heterocycles. The Kier molecular flexibility index (Phi) is 5.33. The molecule has 0 aromatic heterocycles. The first-order chi connectivity index (χ1) is 8.12. The van der Waals surface area contributed by atoms with Crippen molar-refractivity contribution in [1.29, 1.82) is 0 Å². The third-order valence-corrected chi connectivity index (χ3v) is 3.59. The summed E-state index contributed by atoms with van der Waals surface area (Å²) in [6.45, 7) is 11.1. The third-order valence-electron chi connectivity index (χ3n) is 3.59. The van der Waals surface area contributed by atoms with Gasteiger partial charge in [0.15, 0.2) is 0 Å². The fraction of sp³-hybridized carbons (Fsp3) is 0.600. The van der Waals surface area contributed by atoms with E-state index in [0.717, 1.165) is 24.7 Å². The number of hydrogen-bond donors (Lipinski definition) is 1. The van der Waals surface area contributed by atoms with E-state index >= 15 is 0 Å². The van der Waals surface area contributed by atoms with Gasteiger partial charge in [-0.25, -0.2) is 0 Å². The Hall–Kier alpha value is -1.18. The van der Waals surface area contributed by atoms with E-state index in [9.17, 15) is 0 Å². The quantitative estimate of drug-likeness (QED) is 0.758. The molecule has 0 radical (unpaired) electrons. The summed E-state index contributed by atoms with van der Waals surface area (Å²) in [7, 11) is 0. The van der Waals surface area contributed by atoms with E-state index in [4.69, 9.17) is 5.73 Å². The van der Waals surface area contributed by atoms with Crippen molar-refractivity contribution in [3.8, 4) is 0 Å². The number of hydrogen-bond acceptors (Lipinski definition) is 2. The van der Waals surface area contributed by atoms with Crippen molar-refractivity contribution in [2.24, 2.45) is 5.92 Å². The van der Waals surface area contributed by atoms with Gasteiger partial charge < -0.3 is 10.6 Å². The summed E-state index contributed by atoms with van der Waals surface area (Å²) < 4.78 is 0. The minimum Gasteiger partial charge on any atom is -0.399 e. The Bertz CT molecular complexity index is 343. The SMILES string of the molecule is CCC(CC)CN(CC)c1cc(N)ccc1C. The van der Waals surface area contributed by atoms with Crippen molar-refractivity contribution < 1.29 is 0 Å². The number of rotatable bonds is 6. The molecule has 96 valence electrons. The second-order valence-corrected chi connectivity index (χ2v) is 4.77. The highest BCUT2D eigenvalue weighted by Gasteiger charge is 2.12. The van der Waals surface area contributed by atoms with Gasteiger partial charge in [0.25, 0.3) is 0 Å². The molecule has 0 aliphatic rings. The highest BCUT2D eigenvalue weighted by Crippen LogP contribution is 2.24. The molecule has 0 bridgehead atoms. The first-order valence-electron chi connectivity index (χ1n) is 6.73. The largest absolute Gasteiger partial charge is 0.399 e. The lowest BCUT2D eigenvalue weighted by atomic mass is 10.0. The average molecular weight is 234 g/mol. The molecule has 0 saturated carbocycles. The van der Waals surface area contributed by atoms with Crippen LogP contribution < -0.4 is 10.6 Å². The molecule has 0 spiro atoms. The van der Waals surface area contributed by atoms with E-state index in [-0.39, 0.29) is 0 Å². The number of anilines is 2. The maximum atomic E-state index is 5.89. The van der Waals surface area contributed by atoms with Gasteiger partial charge in [0, 0.05) is 24.5 Å². The van der Waals surface area contributed by atoms with Gasteiger partial charge in [-0.2, -0.15) is 0 Å². The van der Waals surface area contributed by atoms with Gasteiger partial charge in [-0.15, -0.1) is 0 Å². The minimum absolute atomic E-state index is 0.774. The maximum Gasteiger partial charge on any atom is 0.0416 e. The van der Waals surface area contributed by atoms with E-state index in [1.54, 1.807) is 0 Å². The molecule has 0 unspecified atom stereocenters. The van der Waals surface area contributed by atoms with Crippen molar-refractivity contribution >= 4 is 11.4 Å². The van der Waals surface area contributed by atoms with Gasteiger partial charge in [0.1, 0.15) is 0 Å². The Balaban J connectivity index is 2.89. The normalized spacial score (nSPS) is 10.9. The van der Waals surface area contributed by atoms with Crippen LogP contribution in [0.2, 0.25) is 0 Å². The van der Waals surface area contributed by atoms with Crippen molar-refractivity contribution in [1.82, 2.24) is 0 Å². The van der Waals surface area contributed by atoms with Crippen LogP contribution in [0, 0.1) is 12.8 Å². The number of aryl methyl sites for hydroxylation is 1. The molecule has 2 heteroatoms. The molecule has 2 nitrogen and oxygen atoms in total. The van der Waals surface area contributed by atoms with Crippen molar-refractivity contribution in [3.63, 3.8) is 0 Å². The molecule has 1 aromatic carbocycles. The van der Waals surface area contributed by atoms with Crippen molar-refractivity contribution in [2.75, 3.05) is 23.7 Å². The Morgan fingerprint density at radius 2 is 1.82 bits per heavy atom. The van der Waals surface area contributed by atoms with Gasteiger partial charge in [-0.3, -0.25) is 0 Å². The lowest BCUT2D eigenvalue weighted by molar-refractivity contribution is 0.486. The Labute approximate surface area is 106 Å². The van der Waals surface area contributed by atoms with Gasteiger partial charge in [-0.05, 0) is 37.5 Å². The zero-order valence-electron chi connectivity index (χ0n) is 11.7. The third kappa shape index (κ3) is 3.65. The van der Waals surface area contributed by atoms with E-state index in [1.165, 1.54) is 24.1 Å². The number of nitrogens with two attached hydrogens (primary N) is 1. The minimum atomic E-state index is 0.774. The molecule has 2 N–H and O–H groups in total.